The third kappa shape index (κ3) is 5.83. The zero-order valence-corrected chi connectivity index (χ0v) is 21.7. The first-order valence-corrected chi connectivity index (χ1v) is 12.5. The maximum Gasteiger partial charge on any atom is 0.328 e. The Bertz CT molecular complexity index is 1430. The molecule has 0 saturated carbocycles. The fraction of sp³-hybridized carbons (Fsp3) is 0.179. The zero-order valence-electron chi connectivity index (χ0n) is 20.1. The van der Waals surface area contributed by atoms with Crippen molar-refractivity contribution >= 4 is 55.9 Å². The minimum absolute atomic E-state index is 0.188. The second-order valence-electron chi connectivity index (χ2n) is 8.53. The van der Waals surface area contributed by atoms with Crippen molar-refractivity contribution in [1.29, 1.82) is 0 Å². The summed E-state index contributed by atoms with van der Waals surface area (Å²) >= 11 is 3.44. The number of amides is 3. The summed E-state index contributed by atoms with van der Waals surface area (Å²) in [6.45, 7) is 4.03. The predicted octanol–water partition coefficient (Wildman–Crippen LogP) is 6.02. The van der Waals surface area contributed by atoms with E-state index in [1.54, 1.807) is 36.4 Å². The zero-order chi connectivity index (χ0) is 25.7. The standard InChI is InChI=1S/C28H27BrN4O3/c1-3-4-8-19-10-13-22(14-11-19)30-27(35)28(36)32-33-24-15-12-21(29)16-20(24)17-25(33)26(34)31-23-9-6-5-7-18(23)2/h5-7,9-17H,3-4,8H2,1-2H3,(H,30,35)(H,31,34)(H,32,36). The van der Waals surface area contributed by atoms with Crippen LogP contribution in [0.25, 0.3) is 10.9 Å². The van der Waals surface area contributed by atoms with Gasteiger partial charge in [-0.25, -0.2) is 4.68 Å². The van der Waals surface area contributed by atoms with Gasteiger partial charge in [0, 0.05) is 21.2 Å². The first-order chi connectivity index (χ1) is 17.4. The van der Waals surface area contributed by atoms with Gasteiger partial charge in [-0.05, 0) is 73.4 Å². The normalized spacial score (nSPS) is 10.8. The largest absolute Gasteiger partial charge is 0.328 e. The molecule has 0 atom stereocenters. The summed E-state index contributed by atoms with van der Waals surface area (Å²) in [5, 5.41) is 6.22. The second kappa shape index (κ2) is 11.2. The summed E-state index contributed by atoms with van der Waals surface area (Å²) < 4.78 is 2.16. The molecule has 0 saturated heterocycles. The van der Waals surface area contributed by atoms with Crippen LogP contribution in [0.2, 0.25) is 0 Å². The Labute approximate surface area is 218 Å². The highest BCUT2D eigenvalue weighted by Crippen LogP contribution is 2.24. The molecular formula is C28H27BrN4O3. The lowest BCUT2D eigenvalue weighted by molar-refractivity contribution is -0.133. The molecule has 0 spiro atoms. The number of unbranched alkanes of at least 4 members (excludes halogenated alkanes) is 1. The molecule has 7 nitrogen and oxygen atoms in total. The lowest BCUT2D eigenvalue weighted by Crippen LogP contribution is -2.36. The summed E-state index contributed by atoms with van der Waals surface area (Å²) in [6, 6.07) is 21.9. The van der Waals surface area contributed by atoms with Crippen molar-refractivity contribution in [3.8, 4) is 0 Å². The van der Waals surface area contributed by atoms with Crippen LogP contribution in [0.3, 0.4) is 0 Å². The molecule has 0 unspecified atom stereocenters. The van der Waals surface area contributed by atoms with Gasteiger partial charge in [-0.15, -0.1) is 0 Å². The molecule has 3 amide bonds. The Morgan fingerprint density at radius 1 is 0.889 bits per heavy atom. The third-order valence-corrected chi connectivity index (χ3v) is 6.33. The van der Waals surface area contributed by atoms with E-state index in [1.807, 2.05) is 43.3 Å². The molecule has 36 heavy (non-hydrogen) atoms. The van der Waals surface area contributed by atoms with Gasteiger partial charge in [0.25, 0.3) is 5.91 Å². The van der Waals surface area contributed by atoms with Gasteiger partial charge in [0.2, 0.25) is 0 Å². The van der Waals surface area contributed by atoms with Gasteiger partial charge in [-0.3, -0.25) is 19.8 Å². The van der Waals surface area contributed by atoms with Crippen LogP contribution >= 0.6 is 15.9 Å². The summed E-state index contributed by atoms with van der Waals surface area (Å²) in [6.07, 6.45) is 3.17. The first-order valence-electron chi connectivity index (χ1n) is 11.7. The fourth-order valence-corrected chi connectivity index (χ4v) is 4.23. The van der Waals surface area contributed by atoms with E-state index >= 15 is 0 Å². The van der Waals surface area contributed by atoms with Crippen molar-refractivity contribution in [1.82, 2.24) is 4.68 Å². The first kappa shape index (κ1) is 25.2. The van der Waals surface area contributed by atoms with Crippen LogP contribution in [-0.2, 0) is 16.0 Å². The number of fused-ring (bicyclic) bond motifs is 1. The van der Waals surface area contributed by atoms with E-state index in [2.05, 4.69) is 38.9 Å². The average molecular weight is 547 g/mol. The van der Waals surface area contributed by atoms with Crippen molar-refractivity contribution in [2.45, 2.75) is 33.1 Å². The number of halogens is 1. The molecule has 0 fully saturated rings. The molecule has 0 bridgehead atoms. The molecule has 4 aromatic rings. The number of para-hydroxylation sites is 1. The lowest BCUT2D eigenvalue weighted by Gasteiger charge is -2.13. The van der Waals surface area contributed by atoms with E-state index in [4.69, 9.17) is 0 Å². The van der Waals surface area contributed by atoms with Crippen molar-refractivity contribution in [3.05, 3.63) is 94.1 Å². The number of hydrogen-bond acceptors (Lipinski definition) is 3. The lowest BCUT2D eigenvalue weighted by atomic mass is 10.1. The molecule has 1 aromatic heterocycles. The van der Waals surface area contributed by atoms with E-state index in [0.717, 1.165) is 34.7 Å². The summed E-state index contributed by atoms with van der Waals surface area (Å²) in [7, 11) is 0. The van der Waals surface area contributed by atoms with Gasteiger partial charge in [0.05, 0.1) is 5.52 Å². The highest BCUT2D eigenvalue weighted by molar-refractivity contribution is 9.10. The molecule has 3 N–H and O–H groups in total. The highest BCUT2D eigenvalue weighted by atomic mass is 79.9. The Kier molecular flexibility index (Phi) is 7.85. The number of nitrogens with zero attached hydrogens (tertiary/aromatic N) is 1. The molecule has 3 aromatic carbocycles. The summed E-state index contributed by atoms with van der Waals surface area (Å²) in [5.74, 6) is -2.14. The van der Waals surface area contributed by atoms with Crippen LogP contribution in [0.1, 0.15) is 41.4 Å². The summed E-state index contributed by atoms with van der Waals surface area (Å²) in [5.41, 5.74) is 6.61. The van der Waals surface area contributed by atoms with Crippen LogP contribution in [0.5, 0.6) is 0 Å². The van der Waals surface area contributed by atoms with Crippen molar-refractivity contribution in [3.63, 3.8) is 0 Å². The number of hydrogen-bond donors (Lipinski definition) is 3. The van der Waals surface area contributed by atoms with Gasteiger partial charge >= 0.3 is 11.8 Å². The summed E-state index contributed by atoms with van der Waals surface area (Å²) in [4.78, 5) is 38.7. The van der Waals surface area contributed by atoms with Crippen molar-refractivity contribution in [2.24, 2.45) is 0 Å². The van der Waals surface area contributed by atoms with Crippen LogP contribution < -0.4 is 16.1 Å². The van der Waals surface area contributed by atoms with Crippen LogP contribution in [0.15, 0.2) is 77.3 Å². The van der Waals surface area contributed by atoms with E-state index in [9.17, 15) is 14.4 Å². The Morgan fingerprint density at radius 3 is 2.36 bits per heavy atom. The number of anilines is 2. The molecule has 8 heteroatoms. The second-order valence-corrected chi connectivity index (χ2v) is 9.45. The van der Waals surface area contributed by atoms with Gasteiger partial charge < -0.3 is 10.6 Å². The minimum atomic E-state index is -0.893. The Balaban J connectivity index is 1.55. The maximum atomic E-state index is 13.2. The number of carbonyl (C=O) groups excluding carboxylic acids is 3. The molecule has 4 rings (SSSR count). The SMILES string of the molecule is CCCCc1ccc(NC(=O)C(=O)Nn2c(C(=O)Nc3ccccc3C)cc3cc(Br)ccc32)cc1. The molecule has 184 valence electrons. The number of nitrogens with one attached hydrogen (secondary N) is 3. The highest BCUT2D eigenvalue weighted by Gasteiger charge is 2.21. The monoisotopic (exact) mass is 546 g/mol. The molecule has 1 heterocycles. The van der Waals surface area contributed by atoms with E-state index < -0.39 is 17.7 Å². The maximum absolute atomic E-state index is 13.2. The number of benzene rings is 3. The fourth-order valence-electron chi connectivity index (χ4n) is 3.85. The quantitative estimate of drug-likeness (QED) is 0.247. The van der Waals surface area contributed by atoms with Crippen LogP contribution in [-0.4, -0.2) is 22.4 Å². The van der Waals surface area contributed by atoms with Crippen LogP contribution in [0, 0.1) is 6.92 Å². The Morgan fingerprint density at radius 2 is 1.64 bits per heavy atom. The van der Waals surface area contributed by atoms with Crippen molar-refractivity contribution in [2.75, 3.05) is 16.1 Å². The minimum Gasteiger partial charge on any atom is -0.320 e. The van der Waals surface area contributed by atoms with Gasteiger partial charge in [-0.2, -0.15) is 0 Å². The van der Waals surface area contributed by atoms with E-state index in [-0.39, 0.29) is 5.69 Å². The van der Waals surface area contributed by atoms with Gasteiger partial charge in [-0.1, -0.05) is 59.6 Å². The molecule has 0 aliphatic rings. The van der Waals surface area contributed by atoms with Crippen LogP contribution in [0.4, 0.5) is 11.4 Å². The van der Waals surface area contributed by atoms with Gasteiger partial charge in [0.15, 0.2) is 0 Å². The number of aryl methyl sites for hydroxylation is 2. The number of aromatic nitrogens is 1. The predicted molar refractivity (Wildman–Crippen MR) is 147 cm³/mol. The van der Waals surface area contributed by atoms with E-state index in [1.165, 1.54) is 10.2 Å². The number of carbonyl (C=O) groups is 3. The molecule has 0 aliphatic heterocycles. The van der Waals surface area contributed by atoms with Gasteiger partial charge in [0.1, 0.15) is 5.69 Å². The smallest absolute Gasteiger partial charge is 0.320 e. The average Bonchev–Trinajstić information content (AvgIpc) is 3.22. The van der Waals surface area contributed by atoms with E-state index in [0.29, 0.717) is 16.9 Å². The number of rotatable bonds is 7. The van der Waals surface area contributed by atoms with Crippen molar-refractivity contribution < 1.29 is 14.4 Å². The Hall–Kier alpha value is -3.91. The molecule has 0 radical (unpaired) electrons. The third-order valence-electron chi connectivity index (χ3n) is 5.84. The molecule has 0 aliphatic carbocycles. The topological polar surface area (TPSA) is 92.2 Å². The molecular weight excluding hydrogens is 520 g/mol.